The van der Waals surface area contributed by atoms with Gasteiger partial charge in [0.2, 0.25) is 15.9 Å². The van der Waals surface area contributed by atoms with Crippen molar-refractivity contribution in [2.45, 2.75) is 56.9 Å². The fourth-order valence-electron chi connectivity index (χ4n) is 4.02. The first-order valence-corrected chi connectivity index (χ1v) is 14.8. The number of carbonyl (C=O) groups is 1. The summed E-state index contributed by atoms with van der Waals surface area (Å²) >= 11 is 0. The van der Waals surface area contributed by atoms with Crippen LogP contribution in [0, 0.1) is 6.92 Å². The van der Waals surface area contributed by atoms with E-state index in [1.807, 2.05) is 25.1 Å². The summed E-state index contributed by atoms with van der Waals surface area (Å²) in [6.45, 7) is 10.2. The molecule has 0 spiro atoms. The van der Waals surface area contributed by atoms with Gasteiger partial charge in [0.15, 0.2) is 0 Å². The van der Waals surface area contributed by atoms with Crippen LogP contribution >= 0.6 is 0 Å². The van der Waals surface area contributed by atoms with E-state index in [-0.39, 0.29) is 16.5 Å². The molecule has 0 saturated carbocycles. The summed E-state index contributed by atoms with van der Waals surface area (Å²) < 4.78 is 27.2. The second-order valence-corrected chi connectivity index (χ2v) is 15.2. The van der Waals surface area contributed by atoms with Crippen LogP contribution in [0.1, 0.15) is 25.8 Å². The van der Waals surface area contributed by atoms with Gasteiger partial charge in [-0.05, 0) is 32.4 Å². The lowest BCUT2D eigenvalue weighted by Gasteiger charge is -2.40. The van der Waals surface area contributed by atoms with E-state index >= 15 is 0 Å². The van der Waals surface area contributed by atoms with Crippen LogP contribution in [-0.2, 0) is 14.8 Å². The molecule has 1 amide bonds. The van der Waals surface area contributed by atoms with Crippen molar-refractivity contribution in [2.75, 3.05) is 14.1 Å². The maximum absolute atomic E-state index is 13.3. The molecule has 2 aromatic rings. The number of aryl methyl sites for hydroxylation is 1. The van der Waals surface area contributed by atoms with Gasteiger partial charge in [-0.15, -0.1) is 0 Å². The lowest BCUT2D eigenvalue weighted by molar-refractivity contribution is -0.134. The molecule has 0 aliphatic heterocycles. The second-order valence-electron chi connectivity index (χ2n) is 8.47. The number of likely N-dealkylation sites (N-methyl/N-ethyl adjacent to an activating group) is 2. The van der Waals surface area contributed by atoms with E-state index in [2.05, 4.69) is 32.2 Å². The molecular weight excluding hydrogens is 412 g/mol. The molecule has 0 aromatic heterocycles. The topological polar surface area (TPSA) is 57.7 Å². The Kier molecular flexibility index (Phi) is 7.66. The molecular formula is C23H34N2O3SSi. The molecule has 1 unspecified atom stereocenters. The third-order valence-electron chi connectivity index (χ3n) is 6.15. The Morgan fingerprint density at radius 2 is 1.53 bits per heavy atom. The predicted molar refractivity (Wildman–Crippen MR) is 126 cm³/mol. The molecule has 30 heavy (non-hydrogen) atoms. The maximum Gasteiger partial charge on any atom is 0.243 e. The van der Waals surface area contributed by atoms with Crippen molar-refractivity contribution >= 4 is 29.2 Å². The average molecular weight is 447 g/mol. The molecule has 164 valence electrons. The zero-order valence-electron chi connectivity index (χ0n) is 19.1. The van der Waals surface area contributed by atoms with E-state index < -0.39 is 24.1 Å². The third-order valence-corrected chi connectivity index (χ3v) is 12.4. The largest absolute Gasteiger partial charge is 0.344 e. The Morgan fingerprint density at radius 1 is 1.00 bits per heavy atom. The first-order chi connectivity index (χ1) is 13.9. The monoisotopic (exact) mass is 446 g/mol. The van der Waals surface area contributed by atoms with Crippen molar-refractivity contribution in [1.82, 2.24) is 9.21 Å². The summed E-state index contributed by atoms with van der Waals surface area (Å²) in [5, 5.41) is 1.28. The van der Waals surface area contributed by atoms with Crippen LogP contribution in [0.3, 0.4) is 0 Å². The highest BCUT2D eigenvalue weighted by Crippen LogP contribution is 2.22. The summed E-state index contributed by atoms with van der Waals surface area (Å²) in [5.41, 5.74) is 1.05. The molecule has 0 fully saturated rings. The first kappa shape index (κ1) is 24.3. The van der Waals surface area contributed by atoms with Gasteiger partial charge >= 0.3 is 0 Å². The highest BCUT2D eigenvalue weighted by molar-refractivity contribution is 7.89. The molecule has 0 bridgehead atoms. The molecule has 0 aliphatic carbocycles. The van der Waals surface area contributed by atoms with Crippen LogP contribution in [0.5, 0.6) is 0 Å². The normalized spacial score (nSPS) is 14.4. The minimum Gasteiger partial charge on any atom is -0.344 e. The van der Waals surface area contributed by atoms with E-state index in [0.29, 0.717) is 0 Å². The van der Waals surface area contributed by atoms with E-state index in [1.54, 1.807) is 43.1 Å². The lowest BCUT2D eigenvalue weighted by Crippen LogP contribution is -2.62. The van der Waals surface area contributed by atoms with Gasteiger partial charge in [-0.1, -0.05) is 73.2 Å². The SMILES string of the molecule is CCC(N(C)C(=O)[C@@H](C)N(C)S(=O)(=O)c1ccc(C)cc1)[Si](C)(C)c1ccccc1. The number of carbonyl (C=O) groups excluding carboxylic acids is 1. The number of rotatable bonds is 8. The summed E-state index contributed by atoms with van der Waals surface area (Å²) in [7, 11) is -2.47. The minimum absolute atomic E-state index is 0.0605. The highest BCUT2D eigenvalue weighted by Gasteiger charge is 2.40. The lowest BCUT2D eigenvalue weighted by atomic mass is 10.2. The molecule has 2 rings (SSSR count). The summed E-state index contributed by atoms with van der Waals surface area (Å²) in [6.07, 6.45) is 0.817. The Labute approximate surface area is 182 Å². The van der Waals surface area contributed by atoms with E-state index in [0.717, 1.165) is 12.0 Å². The average Bonchev–Trinajstić information content (AvgIpc) is 2.73. The molecule has 2 aromatic carbocycles. The van der Waals surface area contributed by atoms with Gasteiger partial charge in [0.05, 0.1) is 4.90 Å². The van der Waals surface area contributed by atoms with Crippen LogP contribution in [0.25, 0.3) is 0 Å². The predicted octanol–water partition coefficient (Wildman–Crippen LogP) is 3.40. The standard InChI is InChI=1S/C23H34N2O3SSi/c1-8-22(30(6,7)21-12-10-9-11-13-21)24(4)23(26)19(3)25(5)29(27,28)20-16-14-18(2)15-17-20/h9-17,19,22H,8H2,1-7H3/t19-,22?/m1/s1. The van der Waals surface area contributed by atoms with Crippen LogP contribution in [-0.4, -0.2) is 57.4 Å². The van der Waals surface area contributed by atoms with Crippen molar-refractivity contribution in [3.05, 3.63) is 60.2 Å². The summed E-state index contributed by atoms with van der Waals surface area (Å²) in [4.78, 5) is 15.3. The first-order valence-electron chi connectivity index (χ1n) is 10.3. The van der Waals surface area contributed by atoms with Gasteiger partial charge < -0.3 is 4.90 Å². The summed E-state index contributed by atoms with van der Waals surface area (Å²) in [6, 6.07) is 16.2. The zero-order valence-corrected chi connectivity index (χ0v) is 20.9. The smallest absolute Gasteiger partial charge is 0.243 e. The Morgan fingerprint density at radius 3 is 2.03 bits per heavy atom. The zero-order chi connectivity index (χ0) is 22.7. The Bertz CT molecular complexity index is 960. The van der Waals surface area contributed by atoms with Crippen molar-refractivity contribution < 1.29 is 13.2 Å². The van der Waals surface area contributed by atoms with Crippen molar-refractivity contribution in [3.8, 4) is 0 Å². The Balaban J connectivity index is 2.27. The van der Waals surface area contributed by atoms with E-state index in [1.165, 1.54) is 16.5 Å². The Hall–Kier alpha value is -1.96. The molecule has 0 aliphatic rings. The van der Waals surface area contributed by atoms with Crippen LogP contribution in [0.15, 0.2) is 59.5 Å². The van der Waals surface area contributed by atoms with Gasteiger partial charge in [-0.25, -0.2) is 8.42 Å². The molecule has 2 atom stereocenters. The number of hydrogen-bond acceptors (Lipinski definition) is 3. The molecule has 0 N–H and O–H groups in total. The van der Waals surface area contributed by atoms with Crippen LogP contribution in [0.2, 0.25) is 13.1 Å². The second kappa shape index (κ2) is 9.45. The van der Waals surface area contributed by atoms with Crippen molar-refractivity contribution in [1.29, 1.82) is 0 Å². The van der Waals surface area contributed by atoms with Crippen LogP contribution < -0.4 is 5.19 Å². The fourth-order valence-corrected chi connectivity index (χ4v) is 8.89. The number of nitrogens with zero attached hydrogens (tertiary/aromatic N) is 2. The quantitative estimate of drug-likeness (QED) is 0.584. The van der Waals surface area contributed by atoms with Gasteiger partial charge in [0.25, 0.3) is 0 Å². The summed E-state index contributed by atoms with van der Waals surface area (Å²) in [5.74, 6) is -0.184. The molecule has 5 nitrogen and oxygen atoms in total. The van der Waals surface area contributed by atoms with E-state index in [9.17, 15) is 13.2 Å². The van der Waals surface area contributed by atoms with Crippen LogP contribution in [0.4, 0.5) is 0 Å². The fraction of sp³-hybridized carbons (Fsp3) is 0.435. The molecule has 0 saturated heterocycles. The minimum atomic E-state index is -3.76. The van der Waals surface area contributed by atoms with Gasteiger partial charge in [-0.2, -0.15) is 4.31 Å². The number of sulfonamides is 1. The van der Waals surface area contributed by atoms with Gasteiger partial charge in [-0.3, -0.25) is 4.79 Å². The van der Waals surface area contributed by atoms with Crippen molar-refractivity contribution in [3.63, 3.8) is 0 Å². The highest BCUT2D eigenvalue weighted by atomic mass is 32.2. The van der Waals surface area contributed by atoms with E-state index in [4.69, 9.17) is 0 Å². The van der Waals surface area contributed by atoms with Gasteiger partial charge in [0, 0.05) is 19.8 Å². The van der Waals surface area contributed by atoms with Gasteiger partial charge in [0.1, 0.15) is 14.1 Å². The maximum atomic E-state index is 13.3. The number of hydrogen-bond donors (Lipinski definition) is 0. The molecule has 0 radical (unpaired) electrons. The molecule has 7 heteroatoms. The number of amides is 1. The number of benzene rings is 2. The molecule has 0 heterocycles. The third kappa shape index (κ3) is 4.85. The van der Waals surface area contributed by atoms with Crippen molar-refractivity contribution in [2.24, 2.45) is 0 Å².